The summed E-state index contributed by atoms with van der Waals surface area (Å²) >= 11 is 0. The lowest BCUT2D eigenvalue weighted by molar-refractivity contribution is -0.140. The predicted molar refractivity (Wildman–Crippen MR) is 119 cm³/mol. The van der Waals surface area contributed by atoms with E-state index in [1.807, 2.05) is 19.1 Å². The number of amides is 1. The third-order valence-corrected chi connectivity index (χ3v) is 6.08. The van der Waals surface area contributed by atoms with E-state index in [1.54, 1.807) is 44.6 Å². The maximum atomic E-state index is 13.1. The number of carbonyl (C=O) groups excluding carboxylic acids is 2. The lowest BCUT2D eigenvalue weighted by Crippen LogP contribution is -2.36. The number of hydrogen-bond acceptors (Lipinski definition) is 6. The van der Waals surface area contributed by atoms with Gasteiger partial charge in [0.15, 0.2) is 0 Å². The van der Waals surface area contributed by atoms with Gasteiger partial charge in [-0.15, -0.1) is 0 Å². The molecule has 2 fully saturated rings. The van der Waals surface area contributed by atoms with Crippen molar-refractivity contribution in [2.24, 2.45) is 0 Å². The molecule has 0 radical (unpaired) electrons. The number of ether oxygens (including phenoxy) is 3. The summed E-state index contributed by atoms with van der Waals surface area (Å²) in [6.07, 6.45) is 1.62. The molecule has 0 aliphatic carbocycles. The molecule has 7 nitrogen and oxygen atoms in total. The smallest absolute Gasteiger partial charge is 0.295 e. The Morgan fingerprint density at radius 1 is 1.09 bits per heavy atom. The SMILES string of the molecule is COc1ccc(C2/C(=C(/O)c3ccc(OC)cc3C)C(=O)C(=O)N2CC2CCCO2)cc1. The number of likely N-dealkylation sites (tertiary alicyclic amines) is 1. The number of aliphatic hydroxyl groups is 1. The molecule has 7 heteroatoms. The van der Waals surface area contributed by atoms with E-state index in [1.165, 1.54) is 4.90 Å². The van der Waals surface area contributed by atoms with E-state index in [4.69, 9.17) is 14.2 Å². The molecule has 32 heavy (non-hydrogen) atoms. The first-order valence-electron chi connectivity index (χ1n) is 10.6. The monoisotopic (exact) mass is 437 g/mol. The average Bonchev–Trinajstić information content (AvgIpc) is 3.41. The zero-order chi connectivity index (χ0) is 22.8. The first kappa shape index (κ1) is 21.9. The van der Waals surface area contributed by atoms with Gasteiger partial charge in [-0.25, -0.2) is 0 Å². The number of hydrogen-bond donors (Lipinski definition) is 1. The van der Waals surface area contributed by atoms with Crippen LogP contribution in [0.2, 0.25) is 0 Å². The lowest BCUT2D eigenvalue weighted by Gasteiger charge is -2.27. The van der Waals surface area contributed by atoms with Crippen LogP contribution in [0.1, 0.15) is 35.6 Å². The van der Waals surface area contributed by atoms with Crippen LogP contribution in [-0.4, -0.2) is 55.2 Å². The maximum Gasteiger partial charge on any atom is 0.295 e. The molecule has 2 aliphatic rings. The van der Waals surface area contributed by atoms with Gasteiger partial charge in [-0.3, -0.25) is 9.59 Å². The van der Waals surface area contributed by atoms with Crippen molar-refractivity contribution >= 4 is 17.4 Å². The number of benzene rings is 2. The largest absolute Gasteiger partial charge is 0.507 e. The minimum atomic E-state index is -0.716. The van der Waals surface area contributed by atoms with Gasteiger partial charge < -0.3 is 24.2 Å². The summed E-state index contributed by atoms with van der Waals surface area (Å²) in [5.41, 5.74) is 2.02. The van der Waals surface area contributed by atoms with E-state index in [0.29, 0.717) is 30.2 Å². The third kappa shape index (κ3) is 3.96. The highest BCUT2D eigenvalue weighted by Crippen LogP contribution is 2.41. The second-order valence-electron chi connectivity index (χ2n) is 8.04. The number of Topliss-reactive ketones (excluding diaryl/α,β-unsaturated/α-hetero) is 1. The molecule has 0 saturated carbocycles. The number of ketones is 1. The Kier molecular flexibility index (Phi) is 6.19. The quantitative estimate of drug-likeness (QED) is 0.422. The summed E-state index contributed by atoms with van der Waals surface area (Å²) in [6, 6.07) is 11.7. The summed E-state index contributed by atoms with van der Waals surface area (Å²) in [5.74, 6) is -0.217. The second kappa shape index (κ2) is 9.04. The Bertz CT molecular complexity index is 1050. The van der Waals surface area contributed by atoms with E-state index in [2.05, 4.69) is 0 Å². The Morgan fingerprint density at radius 2 is 1.78 bits per heavy atom. The number of carbonyl (C=O) groups is 2. The van der Waals surface area contributed by atoms with E-state index in [0.717, 1.165) is 24.0 Å². The Labute approximate surface area is 187 Å². The minimum absolute atomic E-state index is 0.0754. The normalized spacial score (nSPS) is 22.4. The van der Waals surface area contributed by atoms with Crippen LogP contribution in [0.15, 0.2) is 48.0 Å². The molecule has 4 rings (SSSR count). The van der Waals surface area contributed by atoms with Crippen LogP contribution < -0.4 is 9.47 Å². The van der Waals surface area contributed by atoms with Gasteiger partial charge in [0.25, 0.3) is 11.7 Å². The highest BCUT2D eigenvalue weighted by molar-refractivity contribution is 6.46. The van der Waals surface area contributed by atoms with Crippen LogP contribution in [-0.2, 0) is 14.3 Å². The molecule has 2 aromatic carbocycles. The Morgan fingerprint density at radius 3 is 2.38 bits per heavy atom. The van der Waals surface area contributed by atoms with Crippen LogP contribution in [0.3, 0.4) is 0 Å². The van der Waals surface area contributed by atoms with Gasteiger partial charge in [0.05, 0.1) is 31.9 Å². The van der Waals surface area contributed by atoms with Crippen LogP contribution >= 0.6 is 0 Å². The zero-order valence-corrected chi connectivity index (χ0v) is 18.5. The van der Waals surface area contributed by atoms with Crippen molar-refractivity contribution in [3.63, 3.8) is 0 Å². The van der Waals surface area contributed by atoms with Gasteiger partial charge in [-0.1, -0.05) is 12.1 Å². The molecule has 2 saturated heterocycles. The van der Waals surface area contributed by atoms with Gasteiger partial charge in [0.2, 0.25) is 0 Å². The first-order chi connectivity index (χ1) is 15.4. The number of methoxy groups -OCH3 is 2. The third-order valence-electron chi connectivity index (χ3n) is 6.08. The molecule has 2 aliphatic heterocycles. The molecule has 2 atom stereocenters. The topological polar surface area (TPSA) is 85.3 Å². The van der Waals surface area contributed by atoms with E-state index < -0.39 is 17.7 Å². The van der Waals surface area contributed by atoms with Crippen LogP contribution in [0, 0.1) is 6.92 Å². The molecule has 0 aromatic heterocycles. The fourth-order valence-corrected chi connectivity index (χ4v) is 4.38. The lowest BCUT2D eigenvalue weighted by atomic mass is 9.93. The summed E-state index contributed by atoms with van der Waals surface area (Å²) in [5, 5.41) is 11.2. The van der Waals surface area contributed by atoms with Gasteiger partial charge >= 0.3 is 0 Å². The van der Waals surface area contributed by atoms with Crippen molar-refractivity contribution in [3.8, 4) is 11.5 Å². The Balaban J connectivity index is 1.83. The fourth-order valence-electron chi connectivity index (χ4n) is 4.38. The molecule has 1 amide bonds. The van der Waals surface area contributed by atoms with Crippen LogP contribution in [0.5, 0.6) is 11.5 Å². The average molecular weight is 437 g/mol. The molecule has 0 spiro atoms. The van der Waals surface area contributed by atoms with E-state index >= 15 is 0 Å². The fraction of sp³-hybridized carbons (Fsp3) is 0.360. The van der Waals surface area contributed by atoms with Crippen molar-refractivity contribution in [2.45, 2.75) is 31.9 Å². The summed E-state index contributed by atoms with van der Waals surface area (Å²) in [4.78, 5) is 27.7. The van der Waals surface area contributed by atoms with Crippen LogP contribution in [0.4, 0.5) is 0 Å². The van der Waals surface area contributed by atoms with E-state index in [9.17, 15) is 14.7 Å². The predicted octanol–water partition coefficient (Wildman–Crippen LogP) is 3.61. The Hall–Kier alpha value is -3.32. The molecular weight excluding hydrogens is 410 g/mol. The van der Waals surface area contributed by atoms with Gasteiger partial charge in [0.1, 0.15) is 17.3 Å². The van der Waals surface area contributed by atoms with Crippen molar-refractivity contribution in [2.75, 3.05) is 27.4 Å². The number of rotatable bonds is 6. The molecule has 0 bridgehead atoms. The second-order valence-corrected chi connectivity index (χ2v) is 8.04. The maximum absolute atomic E-state index is 13.1. The van der Waals surface area contributed by atoms with Crippen molar-refractivity contribution in [3.05, 3.63) is 64.7 Å². The van der Waals surface area contributed by atoms with E-state index in [-0.39, 0.29) is 17.4 Å². The zero-order valence-electron chi connectivity index (χ0n) is 18.5. The number of aryl methyl sites for hydroxylation is 1. The van der Waals surface area contributed by atoms with Gasteiger partial charge in [0, 0.05) is 18.7 Å². The molecule has 1 N–H and O–H groups in total. The highest BCUT2D eigenvalue weighted by Gasteiger charge is 2.47. The van der Waals surface area contributed by atoms with Crippen LogP contribution in [0.25, 0.3) is 5.76 Å². The highest BCUT2D eigenvalue weighted by atomic mass is 16.5. The molecule has 2 unspecified atom stereocenters. The molecule has 168 valence electrons. The van der Waals surface area contributed by atoms with Crippen molar-refractivity contribution in [1.29, 1.82) is 0 Å². The summed E-state index contributed by atoms with van der Waals surface area (Å²) in [7, 11) is 3.14. The first-order valence-corrected chi connectivity index (χ1v) is 10.6. The molecule has 2 aromatic rings. The summed E-state index contributed by atoms with van der Waals surface area (Å²) < 4.78 is 16.2. The number of nitrogens with zero attached hydrogens (tertiary/aromatic N) is 1. The van der Waals surface area contributed by atoms with Gasteiger partial charge in [-0.05, 0) is 61.2 Å². The molecular formula is C25H27NO6. The summed E-state index contributed by atoms with van der Waals surface area (Å²) in [6.45, 7) is 2.76. The molecule has 2 heterocycles. The standard InChI is InChI=1S/C25H27NO6/c1-15-13-18(31-3)10-11-20(15)23(27)21-22(16-6-8-17(30-2)9-7-16)26(25(29)24(21)28)14-19-5-4-12-32-19/h6-11,13,19,22,27H,4-5,12,14H2,1-3H3/b23-21-. The number of aliphatic hydroxyl groups excluding tert-OH is 1. The van der Waals surface area contributed by atoms with Crippen molar-refractivity contribution in [1.82, 2.24) is 4.90 Å². The van der Waals surface area contributed by atoms with Crippen molar-refractivity contribution < 1.29 is 28.9 Å². The minimum Gasteiger partial charge on any atom is -0.507 e. The van der Waals surface area contributed by atoms with Gasteiger partial charge in [-0.2, -0.15) is 0 Å².